The van der Waals surface area contributed by atoms with Crippen molar-refractivity contribution in [1.82, 2.24) is 14.4 Å². The number of carbonyl (C=O) groups is 2. The molecule has 1 aromatic heterocycles. The van der Waals surface area contributed by atoms with Crippen LogP contribution in [0.4, 0.5) is 0 Å². The van der Waals surface area contributed by atoms with Gasteiger partial charge in [0.15, 0.2) is 0 Å². The zero-order chi connectivity index (χ0) is 20.0. The first kappa shape index (κ1) is 18.9. The molecule has 0 bridgehead atoms. The number of amides is 1. The lowest BCUT2D eigenvalue weighted by Gasteiger charge is -2.40. The van der Waals surface area contributed by atoms with E-state index in [1.54, 1.807) is 0 Å². The predicted molar refractivity (Wildman–Crippen MR) is 112 cm³/mol. The average molecular weight is 380 g/mol. The molecule has 4 rings (SSSR count). The summed E-state index contributed by atoms with van der Waals surface area (Å²) in [5.41, 5.74) is 4.63. The number of carbonyl (C=O) groups excluding carboxylic acids is 2. The van der Waals surface area contributed by atoms with Gasteiger partial charge in [-0.3, -0.25) is 19.1 Å². The van der Waals surface area contributed by atoms with Gasteiger partial charge in [0, 0.05) is 43.7 Å². The number of rotatable bonds is 4. The summed E-state index contributed by atoms with van der Waals surface area (Å²) in [6.07, 6.45) is 5.59. The summed E-state index contributed by atoms with van der Waals surface area (Å²) in [4.78, 5) is 29.7. The first-order valence-corrected chi connectivity index (χ1v) is 10.4. The highest BCUT2D eigenvalue weighted by atomic mass is 16.2. The van der Waals surface area contributed by atoms with Crippen molar-refractivity contribution in [3.05, 3.63) is 41.6 Å². The van der Waals surface area contributed by atoms with E-state index in [0.29, 0.717) is 6.42 Å². The van der Waals surface area contributed by atoms with Crippen LogP contribution in [0.25, 0.3) is 16.5 Å². The predicted octanol–water partition coefficient (Wildman–Crippen LogP) is 3.43. The van der Waals surface area contributed by atoms with Gasteiger partial charge in [0.25, 0.3) is 0 Å². The topological polar surface area (TPSA) is 45.6 Å². The summed E-state index contributed by atoms with van der Waals surface area (Å²) in [5, 5.41) is 1.18. The first-order valence-electron chi connectivity index (χ1n) is 10.4. The Morgan fingerprint density at radius 1 is 1.18 bits per heavy atom. The standard InChI is InChI=1S/C23H29N3O2/c1-5-21(27)26-14-15-12-20-18(17-9-8-10-19(26)22(15)17)11-16(13-24(20)4)23(28)25(6-2)7-3/h8-11,14,16,20H,5-7,12-13H2,1-4H3/t16-,20-/m1/s1. The van der Waals surface area contributed by atoms with Crippen molar-refractivity contribution >= 4 is 28.3 Å². The molecule has 1 amide bonds. The number of hydrogen-bond donors (Lipinski definition) is 0. The van der Waals surface area contributed by atoms with Gasteiger partial charge in [-0.05, 0) is 50.1 Å². The maximum absolute atomic E-state index is 13.0. The number of hydrogen-bond acceptors (Lipinski definition) is 3. The molecule has 2 heterocycles. The molecule has 1 aliphatic heterocycles. The van der Waals surface area contributed by atoms with Gasteiger partial charge < -0.3 is 4.90 Å². The molecule has 0 saturated carbocycles. The maximum atomic E-state index is 13.0. The number of fused-ring (bicyclic) bond motifs is 2. The smallest absolute Gasteiger partial charge is 0.230 e. The molecule has 2 aliphatic rings. The highest BCUT2D eigenvalue weighted by Gasteiger charge is 2.37. The van der Waals surface area contributed by atoms with Gasteiger partial charge in [-0.25, -0.2) is 0 Å². The summed E-state index contributed by atoms with van der Waals surface area (Å²) < 4.78 is 1.81. The van der Waals surface area contributed by atoms with E-state index in [0.717, 1.165) is 31.6 Å². The monoisotopic (exact) mass is 379 g/mol. The van der Waals surface area contributed by atoms with Crippen LogP contribution in [0, 0.1) is 5.92 Å². The fourth-order valence-electron chi connectivity index (χ4n) is 4.86. The van der Waals surface area contributed by atoms with Gasteiger partial charge in [-0.15, -0.1) is 0 Å². The lowest BCUT2D eigenvalue weighted by molar-refractivity contribution is -0.134. The minimum atomic E-state index is -0.118. The van der Waals surface area contributed by atoms with Gasteiger partial charge >= 0.3 is 0 Å². The van der Waals surface area contributed by atoms with Crippen LogP contribution >= 0.6 is 0 Å². The Kier molecular flexibility index (Phi) is 4.88. The van der Waals surface area contributed by atoms with E-state index in [-0.39, 0.29) is 23.8 Å². The third kappa shape index (κ3) is 2.80. The fourth-order valence-corrected chi connectivity index (χ4v) is 4.86. The summed E-state index contributed by atoms with van der Waals surface area (Å²) in [7, 11) is 2.11. The zero-order valence-electron chi connectivity index (χ0n) is 17.2. The third-order valence-corrected chi connectivity index (χ3v) is 6.35. The Morgan fingerprint density at radius 2 is 1.93 bits per heavy atom. The molecule has 2 aromatic rings. The SMILES string of the molecule is CCC(=O)n1cc2c3c(cccc31)C1=C[C@@H](C(=O)N(CC)CC)CN(C)[C@@H]1C2. The summed E-state index contributed by atoms with van der Waals surface area (Å²) in [5.74, 6) is 0.210. The van der Waals surface area contributed by atoms with Gasteiger partial charge in [-0.2, -0.15) is 0 Å². The molecule has 0 saturated heterocycles. The van der Waals surface area contributed by atoms with Crippen molar-refractivity contribution in [2.75, 3.05) is 26.7 Å². The normalized spacial score (nSPS) is 21.4. The van der Waals surface area contributed by atoms with E-state index < -0.39 is 0 Å². The molecular weight excluding hydrogens is 350 g/mol. The summed E-state index contributed by atoms with van der Waals surface area (Å²) in [6.45, 7) is 8.18. The second-order valence-electron chi connectivity index (χ2n) is 7.87. The average Bonchev–Trinajstić information content (AvgIpc) is 3.09. The van der Waals surface area contributed by atoms with Crippen LogP contribution in [-0.4, -0.2) is 58.9 Å². The van der Waals surface area contributed by atoms with Crippen molar-refractivity contribution in [3.8, 4) is 0 Å². The van der Waals surface area contributed by atoms with Gasteiger partial charge in [0.2, 0.25) is 11.8 Å². The van der Waals surface area contributed by atoms with Gasteiger partial charge in [-0.1, -0.05) is 25.1 Å². The minimum Gasteiger partial charge on any atom is -0.343 e. The second kappa shape index (κ2) is 7.21. The Bertz CT molecular complexity index is 968. The van der Waals surface area contributed by atoms with Crippen LogP contribution in [0.5, 0.6) is 0 Å². The molecule has 0 unspecified atom stereocenters. The van der Waals surface area contributed by atoms with E-state index in [9.17, 15) is 9.59 Å². The van der Waals surface area contributed by atoms with E-state index in [4.69, 9.17) is 0 Å². The molecule has 28 heavy (non-hydrogen) atoms. The van der Waals surface area contributed by atoms with Crippen LogP contribution in [0.15, 0.2) is 30.5 Å². The van der Waals surface area contributed by atoms with Crippen molar-refractivity contribution in [2.45, 2.75) is 39.7 Å². The lowest BCUT2D eigenvalue weighted by atomic mass is 9.79. The van der Waals surface area contributed by atoms with Crippen LogP contribution in [0.3, 0.4) is 0 Å². The molecule has 148 valence electrons. The van der Waals surface area contributed by atoms with Crippen LogP contribution < -0.4 is 0 Å². The highest BCUT2D eigenvalue weighted by molar-refractivity contribution is 6.03. The second-order valence-corrected chi connectivity index (χ2v) is 7.87. The van der Waals surface area contributed by atoms with Gasteiger partial charge in [0.05, 0.1) is 11.4 Å². The molecule has 1 aromatic carbocycles. The fraction of sp³-hybridized carbons (Fsp3) is 0.478. The zero-order valence-corrected chi connectivity index (χ0v) is 17.2. The van der Waals surface area contributed by atoms with Crippen LogP contribution in [0.2, 0.25) is 0 Å². The number of nitrogens with zero attached hydrogens (tertiary/aromatic N) is 3. The first-order chi connectivity index (χ1) is 13.5. The van der Waals surface area contributed by atoms with Crippen LogP contribution in [-0.2, 0) is 11.2 Å². The Hall–Kier alpha value is -2.40. The highest BCUT2D eigenvalue weighted by Crippen LogP contribution is 2.41. The van der Waals surface area contributed by atoms with E-state index >= 15 is 0 Å². The summed E-state index contributed by atoms with van der Waals surface area (Å²) in [6, 6.07) is 6.45. The van der Waals surface area contributed by atoms with Crippen LogP contribution in [0.1, 0.15) is 43.1 Å². The molecule has 0 spiro atoms. The molecule has 1 aliphatic carbocycles. The molecule has 0 N–H and O–H groups in total. The van der Waals surface area contributed by atoms with Crippen molar-refractivity contribution in [1.29, 1.82) is 0 Å². The molecule has 5 heteroatoms. The number of likely N-dealkylation sites (N-methyl/N-ethyl adjacent to an activating group) is 1. The Morgan fingerprint density at radius 3 is 2.61 bits per heavy atom. The molecule has 5 nitrogen and oxygen atoms in total. The Balaban J connectivity index is 1.84. The molecule has 0 fully saturated rings. The molecule has 2 atom stereocenters. The third-order valence-electron chi connectivity index (χ3n) is 6.35. The molecule has 0 radical (unpaired) electrons. The minimum absolute atomic E-state index is 0.118. The summed E-state index contributed by atoms with van der Waals surface area (Å²) >= 11 is 0. The largest absolute Gasteiger partial charge is 0.343 e. The van der Waals surface area contributed by atoms with Crippen molar-refractivity contribution < 1.29 is 9.59 Å². The van der Waals surface area contributed by atoms with E-state index in [1.165, 1.54) is 22.1 Å². The van der Waals surface area contributed by atoms with Crippen molar-refractivity contribution in [2.24, 2.45) is 5.92 Å². The molecular formula is C23H29N3O2. The lowest BCUT2D eigenvalue weighted by Crippen LogP contribution is -2.47. The van der Waals surface area contributed by atoms with E-state index in [2.05, 4.69) is 24.1 Å². The van der Waals surface area contributed by atoms with Crippen molar-refractivity contribution in [3.63, 3.8) is 0 Å². The maximum Gasteiger partial charge on any atom is 0.230 e. The quantitative estimate of drug-likeness (QED) is 0.818. The number of aromatic nitrogens is 1. The van der Waals surface area contributed by atoms with Gasteiger partial charge in [0.1, 0.15) is 0 Å². The number of benzene rings is 1. The Labute approximate surface area is 166 Å². The van der Waals surface area contributed by atoms with E-state index in [1.807, 2.05) is 48.6 Å².